The summed E-state index contributed by atoms with van der Waals surface area (Å²) in [7, 11) is 0. The largest absolute Gasteiger partial charge is 0.350 e. The lowest BCUT2D eigenvalue weighted by Gasteiger charge is -2.35. The number of fused-ring (bicyclic) bond motifs is 1. The fraction of sp³-hybridized carbons (Fsp3) is 0.350. The molecule has 2 amide bonds. The van der Waals surface area contributed by atoms with E-state index >= 15 is 0 Å². The zero-order chi connectivity index (χ0) is 19.5. The molecule has 0 bridgehead atoms. The van der Waals surface area contributed by atoms with Crippen molar-refractivity contribution in [1.29, 1.82) is 0 Å². The van der Waals surface area contributed by atoms with E-state index in [0.717, 1.165) is 30.5 Å². The van der Waals surface area contributed by atoms with Crippen molar-refractivity contribution in [2.45, 2.75) is 32.2 Å². The normalized spacial score (nSPS) is 16.9. The van der Waals surface area contributed by atoms with Crippen molar-refractivity contribution in [2.24, 2.45) is 0 Å². The number of aryl methyl sites for hydroxylation is 1. The van der Waals surface area contributed by atoms with Crippen molar-refractivity contribution in [3.8, 4) is 0 Å². The number of nitrogens with zero attached hydrogens (tertiary/aromatic N) is 5. The minimum absolute atomic E-state index is 0.0393. The minimum Gasteiger partial charge on any atom is -0.350 e. The van der Waals surface area contributed by atoms with Gasteiger partial charge < -0.3 is 10.2 Å². The first-order chi connectivity index (χ1) is 13.6. The van der Waals surface area contributed by atoms with E-state index in [1.54, 1.807) is 10.7 Å². The third-order valence-electron chi connectivity index (χ3n) is 5.17. The molecule has 0 aliphatic carbocycles. The second kappa shape index (κ2) is 7.75. The number of aromatic nitrogens is 4. The van der Waals surface area contributed by atoms with Gasteiger partial charge in [-0.25, -0.2) is 14.5 Å². The maximum absolute atomic E-state index is 13.3. The molecule has 0 unspecified atom stereocenters. The van der Waals surface area contributed by atoms with Crippen molar-refractivity contribution in [1.82, 2.24) is 29.8 Å². The van der Waals surface area contributed by atoms with Gasteiger partial charge in [0, 0.05) is 37.2 Å². The summed E-state index contributed by atoms with van der Waals surface area (Å²) in [5.74, 6) is -0.271. The number of hydrogen-bond acceptors (Lipinski definition) is 5. The van der Waals surface area contributed by atoms with Crippen LogP contribution in [0.4, 0.5) is 0 Å². The molecular formula is C20H22N6O2. The van der Waals surface area contributed by atoms with Gasteiger partial charge in [0.1, 0.15) is 6.33 Å². The molecule has 3 aromatic heterocycles. The monoisotopic (exact) mass is 378 g/mol. The molecule has 0 saturated carbocycles. The summed E-state index contributed by atoms with van der Waals surface area (Å²) in [5, 5.41) is 7.27. The number of hydrogen-bond donors (Lipinski definition) is 1. The van der Waals surface area contributed by atoms with Crippen LogP contribution in [-0.2, 0) is 0 Å². The Bertz CT molecular complexity index is 1000. The maximum Gasteiger partial charge on any atom is 0.258 e. The topological polar surface area (TPSA) is 92.5 Å². The van der Waals surface area contributed by atoms with Crippen LogP contribution in [0.5, 0.6) is 0 Å². The Morgan fingerprint density at radius 1 is 1.18 bits per heavy atom. The summed E-state index contributed by atoms with van der Waals surface area (Å²) in [5.41, 5.74) is 2.79. The summed E-state index contributed by atoms with van der Waals surface area (Å²) in [4.78, 5) is 35.1. The fourth-order valence-corrected chi connectivity index (χ4v) is 3.68. The fourth-order valence-electron chi connectivity index (χ4n) is 3.68. The van der Waals surface area contributed by atoms with Crippen molar-refractivity contribution < 1.29 is 9.59 Å². The van der Waals surface area contributed by atoms with Crippen LogP contribution in [-0.4, -0.2) is 55.4 Å². The summed E-state index contributed by atoms with van der Waals surface area (Å²) >= 11 is 0. The van der Waals surface area contributed by atoms with E-state index in [-0.39, 0.29) is 17.9 Å². The highest BCUT2D eigenvalue weighted by Gasteiger charge is 2.29. The summed E-state index contributed by atoms with van der Waals surface area (Å²) < 4.78 is 1.78. The lowest BCUT2D eigenvalue weighted by molar-refractivity contribution is 0.0604. The first-order valence-electron chi connectivity index (χ1n) is 9.42. The molecule has 0 spiro atoms. The molecule has 144 valence electrons. The molecule has 1 atom stereocenters. The van der Waals surface area contributed by atoms with E-state index in [1.165, 1.54) is 18.7 Å². The molecule has 1 aliphatic heterocycles. The van der Waals surface area contributed by atoms with Crippen LogP contribution in [0.15, 0.2) is 43.1 Å². The van der Waals surface area contributed by atoms with Crippen LogP contribution in [0.2, 0.25) is 0 Å². The van der Waals surface area contributed by atoms with E-state index in [2.05, 4.69) is 20.4 Å². The van der Waals surface area contributed by atoms with Crippen molar-refractivity contribution in [3.63, 3.8) is 0 Å². The Morgan fingerprint density at radius 2 is 2.00 bits per heavy atom. The number of amides is 2. The number of likely N-dealkylation sites (tertiary alicyclic amines) is 1. The molecule has 4 heterocycles. The van der Waals surface area contributed by atoms with Crippen LogP contribution in [0, 0.1) is 6.92 Å². The van der Waals surface area contributed by atoms with Gasteiger partial charge >= 0.3 is 0 Å². The van der Waals surface area contributed by atoms with Gasteiger partial charge in [-0.3, -0.25) is 9.59 Å². The van der Waals surface area contributed by atoms with Gasteiger partial charge in [-0.05, 0) is 38.3 Å². The predicted molar refractivity (Wildman–Crippen MR) is 103 cm³/mol. The summed E-state index contributed by atoms with van der Waals surface area (Å²) in [6.07, 6.45) is 8.83. The second-order valence-electron chi connectivity index (χ2n) is 7.01. The summed E-state index contributed by atoms with van der Waals surface area (Å²) in [6.45, 7) is 3.04. The molecule has 0 radical (unpaired) electrons. The second-order valence-corrected chi connectivity index (χ2v) is 7.01. The Hall–Kier alpha value is -3.29. The van der Waals surface area contributed by atoms with Crippen LogP contribution in [0.3, 0.4) is 0 Å². The zero-order valence-electron chi connectivity index (χ0n) is 15.7. The third-order valence-corrected chi connectivity index (χ3v) is 5.17. The average Bonchev–Trinajstić information content (AvgIpc) is 3.18. The first kappa shape index (κ1) is 18.1. The number of nitrogens with one attached hydrogen (secondary N) is 1. The van der Waals surface area contributed by atoms with Gasteiger partial charge in [0.15, 0.2) is 0 Å². The highest BCUT2D eigenvalue weighted by molar-refractivity contribution is 6.01. The van der Waals surface area contributed by atoms with Gasteiger partial charge in [-0.2, -0.15) is 5.10 Å². The Morgan fingerprint density at radius 3 is 2.82 bits per heavy atom. The van der Waals surface area contributed by atoms with Gasteiger partial charge in [-0.15, -0.1) is 0 Å². The molecular weight excluding hydrogens is 356 g/mol. The van der Waals surface area contributed by atoms with Gasteiger partial charge in [0.25, 0.3) is 11.8 Å². The molecule has 28 heavy (non-hydrogen) atoms. The number of piperidine rings is 1. The van der Waals surface area contributed by atoms with Crippen LogP contribution >= 0.6 is 0 Å². The minimum atomic E-state index is -0.231. The Labute approximate surface area is 162 Å². The molecule has 1 N–H and O–H groups in total. The molecule has 1 saturated heterocycles. The highest BCUT2D eigenvalue weighted by Crippen LogP contribution is 2.22. The first-order valence-corrected chi connectivity index (χ1v) is 9.42. The van der Waals surface area contributed by atoms with E-state index in [9.17, 15) is 9.59 Å². The van der Waals surface area contributed by atoms with Gasteiger partial charge in [0.05, 0.1) is 22.8 Å². The number of rotatable bonds is 4. The van der Waals surface area contributed by atoms with E-state index in [0.29, 0.717) is 24.2 Å². The highest BCUT2D eigenvalue weighted by atomic mass is 16.2. The van der Waals surface area contributed by atoms with Crippen molar-refractivity contribution in [3.05, 3.63) is 59.9 Å². The van der Waals surface area contributed by atoms with Crippen LogP contribution in [0.1, 0.15) is 45.7 Å². The third kappa shape index (κ3) is 3.45. The van der Waals surface area contributed by atoms with E-state index < -0.39 is 0 Å². The Kier molecular flexibility index (Phi) is 5.01. The molecule has 4 rings (SSSR count). The Balaban J connectivity index is 1.51. The van der Waals surface area contributed by atoms with Crippen LogP contribution < -0.4 is 5.32 Å². The van der Waals surface area contributed by atoms with Crippen molar-refractivity contribution >= 4 is 17.3 Å². The van der Waals surface area contributed by atoms with E-state index in [1.807, 2.05) is 30.0 Å². The molecule has 3 aromatic rings. The summed E-state index contributed by atoms with van der Waals surface area (Å²) in [6, 6.07) is 5.75. The molecule has 1 fully saturated rings. The lowest BCUT2D eigenvalue weighted by Crippen LogP contribution is -2.49. The molecule has 1 aliphatic rings. The molecule has 8 nitrogen and oxygen atoms in total. The number of carbonyl (C=O) groups excluding carboxylic acids is 2. The quantitative estimate of drug-likeness (QED) is 0.748. The molecule has 0 aromatic carbocycles. The standard InChI is InChI=1S/C20H22N6O2/c1-14-5-4-7-18-17(12-24-26(14)18)20(28)25-8-3-2-6-16(25)11-23-19(27)15-9-21-13-22-10-15/h4-5,7,9-10,12-13,16H,2-3,6,8,11H2,1H3,(H,23,27)/t16-/m1/s1. The maximum atomic E-state index is 13.3. The number of pyridine rings is 1. The number of carbonyl (C=O) groups is 2. The zero-order valence-corrected chi connectivity index (χ0v) is 15.7. The van der Waals surface area contributed by atoms with E-state index in [4.69, 9.17) is 0 Å². The smallest absolute Gasteiger partial charge is 0.258 e. The van der Waals surface area contributed by atoms with Gasteiger partial charge in [-0.1, -0.05) is 6.07 Å². The van der Waals surface area contributed by atoms with Crippen molar-refractivity contribution in [2.75, 3.05) is 13.1 Å². The SMILES string of the molecule is Cc1cccc2c(C(=O)N3CCCC[C@@H]3CNC(=O)c3cncnc3)cnn12. The molecule has 8 heteroatoms. The predicted octanol–water partition coefficient (Wildman–Crippen LogP) is 1.86. The lowest BCUT2D eigenvalue weighted by atomic mass is 10.0. The van der Waals surface area contributed by atoms with Crippen LogP contribution in [0.25, 0.3) is 5.52 Å². The average molecular weight is 378 g/mol. The van der Waals surface area contributed by atoms with Gasteiger partial charge in [0.2, 0.25) is 0 Å².